The quantitative estimate of drug-likeness (QED) is 0.875. The molecule has 2 atom stereocenters. The maximum Gasteiger partial charge on any atom is 0.224 e. The van der Waals surface area contributed by atoms with Crippen molar-refractivity contribution in [3.8, 4) is 5.75 Å². The van der Waals surface area contributed by atoms with E-state index in [9.17, 15) is 4.79 Å². The Balaban J connectivity index is 1.53. The molecule has 0 radical (unpaired) electrons. The van der Waals surface area contributed by atoms with E-state index in [1.165, 1.54) is 0 Å². The van der Waals surface area contributed by atoms with Crippen LogP contribution < -0.4 is 15.4 Å². The van der Waals surface area contributed by atoms with Gasteiger partial charge < -0.3 is 15.4 Å². The van der Waals surface area contributed by atoms with E-state index in [1.54, 1.807) is 0 Å². The van der Waals surface area contributed by atoms with Crippen molar-refractivity contribution < 1.29 is 9.53 Å². The van der Waals surface area contributed by atoms with Gasteiger partial charge in [-0.05, 0) is 69.5 Å². The highest BCUT2D eigenvalue weighted by Crippen LogP contribution is 2.48. The molecule has 1 aliphatic heterocycles. The predicted octanol–water partition coefficient (Wildman–Crippen LogP) is 2.39. The summed E-state index contributed by atoms with van der Waals surface area (Å²) in [4.78, 5) is 12.3. The fraction of sp³-hybridized carbons (Fsp3) is 0.588. The smallest absolute Gasteiger partial charge is 0.224 e. The van der Waals surface area contributed by atoms with E-state index in [1.807, 2.05) is 39.0 Å². The summed E-state index contributed by atoms with van der Waals surface area (Å²) in [6, 6.07) is 5.56. The van der Waals surface area contributed by atoms with E-state index in [0.29, 0.717) is 23.5 Å². The van der Waals surface area contributed by atoms with Gasteiger partial charge in [0.1, 0.15) is 12.4 Å². The summed E-state index contributed by atoms with van der Waals surface area (Å²) in [6.45, 7) is 8.33. The van der Waals surface area contributed by atoms with Crippen LogP contribution in [0.25, 0.3) is 0 Å². The number of carbonyl (C=O) groups excluding carboxylic acids is 1. The van der Waals surface area contributed by atoms with Gasteiger partial charge in [0.15, 0.2) is 0 Å². The molecule has 1 saturated heterocycles. The molecule has 2 unspecified atom stereocenters. The molecule has 22 heavy (non-hydrogen) atoms. The highest BCUT2D eigenvalue weighted by Gasteiger charge is 2.57. The van der Waals surface area contributed by atoms with Crippen molar-refractivity contribution in [1.29, 1.82) is 0 Å². The Labute approximate surface area is 136 Å². The molecule has 0 aromatic heterocycles. The summed E-state index contributed by atoms with van der Waals surface area (Å²) in [5.74, 6) is 2.24. The number of fused-ring (bicyclic) bond motifs is 1. The van der Waals surface area contributed by atoms with Crippen LogP contribution in [-0.2, 0) is 4.79 Å². The number of benzene rings is 1. The molecule has 1 heterocycles. The van der Waals surface area contributed by atoms with Crippen molar-refractivity contribution in [1.82, 2.24) is 10.6 Å². The van der Waals surface area contributed by atoms with E-state index < -0.39 is 5.54 Å². The second kappa shape index (κ2) is 5.74. The van der Waals surface area contributed by atoms with Crippen LogP contribution in [0.3, 0.4) is 0 Å². The SMILES string of the molecule is Cc1cc(Cl)ccc1OCC(C)(C)NC(=O)C1C2CNCC21. The third-order valence-corrected chi connectivity index (χ3v) is 4.82. The van der Waals surface area contributed by atoms with Crippen LogP contribution in [0.15, 0.2) is 18.2 Å². The molecule has 120 valence electrons. The molecule has 1 aliphatic carbocycles. The van der Waals surface area contributed by atoms with E-state index in [-0.39, 0.29) is 11.8 Å². The van der Waals surface area contributed by atoms with Crippen LogP contribution in [0.4, 0.5) is 0 Å². The Kier molecular flexibility index (Phi) is 4.08. The predicted molar refractivity (Wildman–Crippen MR) is 87.2 cm³/mol. The molecule has 1 aromatic rings. The van der Waals surface area contributed by atoms with E-state index >= 15 is 0 Å². The molecule has 1 saturated carbocycles. The van der Waals surface area contributed by atoms with Crippen molar-refractivity contribution in [2.24, 2.45) is 17.8 Å². The van der Waals surface area contributed by atoms with E-state index in [0.717, 1.165) is 24.4 Å². The van der Waals surface area contributed by atoms with Gasteiger partial charge in [-0.1, -0.05) is 11.6 Å². The largest absolute Gasteiger partial charge is 0.491 e. The molecule has 0 bridgehead atoms. The summed E-state index contributed by atoms with van der Waals surface area (Å²) >= 11 is 5.95. The Morgan fingerprint density at radius 3 is 2.73 bits per heavy atom. The van der Waals surface area contributed by atoms with Gasteiger partial charge in [0.05, 0.1) is 5.54 Å². The van der Waals surface area contributed by atoms with Gasteiger partial charge in [-0.3, -0.25) is 4.79 Å². The number of carbonyl (C=O) groups is 1. The number of rotatable bonds is 5. The first-order valence-electron chi connectivity index (χ1n) is 7.79. The third-order valence-electron chi connectivity index (χ3n) is 4.58. The van der Waals surface area contributed by atoms with Crippen LogP contribution in [0.2, 0.25) is 5.02 Å². The highest BCUT2D eigenvalue weighted by molar-refractivity contribution is 6.30. The zero-order valence-electron chi connectivity index (χ0n) is 13.3. The first-order chi connectivity index (χ1) is 10.4. The van der Waals surface area contributed by atoms with Crippen LogP contribution in [0.1, 0.15) is 19.4 Å². The van der Waals surface area contributed by atoms with Crippen molar-refractivity contribution >= 4 is 17.5 Å². The molecule has 2 N–H and O–H groups in total. The molecule has 0 spiro atoms. The average Bonchev–Trinajstić information content (AvgIpc) is 2.91. The molecule has 3 rings (SSSR count). The molecule has 1 amide bonds. The number of aryl methyl sites for hydroxylation is 1. The number of ether oxygens (including phenoxy) is 1. The summed E-state index contributed by atoms with van der Waals surface area (Å²) in [5, 5.41) is 7.14. The fourth-order valence-electron chi connectivity index (χ4n) is 3.29. The Hall–Kier alpha value is -1.26. The number of piperidine rings is 1. The summed E-state index contributed by atoms with van der Waals surface area (Å²) in [6.07, 6.45) is 0. The van der Waals surface area contributed by atoms with Crippen LogP contribution >= 0.6 is 11.6 Å². The number of nitrogens with one attached hydrogen (secondary N) is 2. The normalized spacial score (nSPS) is 26.5. The maximum atomic E-state index is 12.3. The minimum absolute atomic E-state index is 0.165. The molecule has 5 heteroatoms. The zero-order chi connectivity index (χ0) is 15.9. The van der Waals surface area contributed by atoms with E-state index in [2.05, 4.69) is 10.6 Å². The lowest BCUT2D eigenvalue weighted by atomic mass is 10.1. The number of amides is 1. The topological polar surface area (TPSA) is 50.4 Å². The summed E-state index contributed by atoms with van der Waals surface area (Å²) in [5.41, 5.74) is 0.602. The van der Waals surface area contributed by atoms with Crippen LogP contribution in [0.5, 0.6) is 5.75 Å². The van der Waals surface area contributed by atoms with Gasteiger partial charge in [-0.25, -0.2) is 0 Å². The summed E-state index contributed by atoms with van der Waals surface area (Å²) < 4.78 is 5.87. The number of halogens is 1. The van der Waals surface area contributed by atoms with Gasteiger partial charge in [-0.2, -0.15) is 0 Å². The molecular weight excluding hydrogens is 300 g/mol. The molecule has 1 aromatic carbocycles. The van der Waals surface area contributed by atoms with Crippen molar-refractivity contribution in [2.75, 3.05) is 19.7 Å². The first-order valence-corrected chi connectivity index (χ1v) is 8.17. The van der Waals surface area contributed by atoms with Crippen LogP contribution in [0, 0.1) is 24.7 Å². The minimum atomic E-state index is -0.395. The molecular formula is C17H23ClN2O2. The van der Waals surface area contributed by atoms with Crippen molar-refractivity contribution in [3.63, 3.8) is 0 Å². The molecule has 2 fully saturated rings. The van der Waals surface area contributed by atoms with Gasteiger partial charge in [-0.15, -0.1) is 0 Å². The Morgan fingerprint density at radius 2 is 2.09 bits per heavy atom. The van der Waals surface area contributed by atoms with Gasteiger partial charge >= 0.3 is 0 Å². The number of hydrogen-bond acceptors (Lipinski definition) is 3. The monoisotopic (exact) mass is 322 g/mol. The van der Waals surface area contributed by atoms with E-state index in [4.69, 9.17) is 16.3 Å². The summed E-state index contributed by atoms with van der Waals surface area (Å²) in [7, 11) is 0. The standard InChI is InChI=1S/C17H23ClN2O2/c1-10-6-11(18)4-5-14(10)22-9-17(2,3)20-16(21)15-12-7-19-8-13(12)15/h4-6,12-13,15,19H,7-9H2,1-3H3,(H,20,21). The lowest BCUT2D eigenvalue weighted by molar-refractivity contribution is -0.125. The second-order valence-electron chi connectivity index (χ2n) is 7.08. The van der Waals surface area contributed by atoms with Crippen molar-refractivity contribution in [2.45, 2.75) is 26.3 Å². The lowest BCUT2D eigenvalue weighted by Gasteiger charge is -2.27. The first kappa shape index (κ1) is 15.6. The maximum absolute atomic E-state index is 12.3. The molecule has 2 aliphatic rings. The van der Waals surface area contributed by atoms with Gasteiger partial charge in [0, 0.05) is 10.9 Å². The fourth-order valence-corrected chi connectivity index (χ4v) is 3.52. The Bertz CT molecular complexity index is 578. The lowest BCUT2D eigenvalue weighted by Crippen LogP contribution is -2.49. The molecule has 4 nitrogen and oxygen atoms in total. The number of hydrogen-bond donors (Lipinski definition) is 2. The van der Waals surface area contributed by atoms with Gasteiger partial charge in [0.2, 0.25) is 5.91 Å². The average molecular weight is 323 g/mol. The van der Waals surface area contributed by atoms with Crippen LogP contribution in [-0.4, -0.2) is 31.1 Å². The van der Waals surface area contributed by atoms with Crippen molar-refractivity contribution in [3.05, 3.63) is 28.8 Å². The van der Waals surface area contributed by atoms with Gasteiger partial charge in [0.25, 0.3) is 0 Å². The second-order valence-corrected chi connectivity index (χ2v) is 7.52. The highest BCUT2D eigenvalue weighted by atomic mass is 35.5. The third kappa shape index (κ3) is 3.23. The zero-order valence-corrected chi connectivity index (χ0v) is 14.0. The minimum Gasteiger partial charge on any atom is -0.491 e. The Morgan fingerprint density at radius 1 is 1.41 bits per heavy atom.